The largest absolute Gasteiger partial charge is 0.317 e. The van der Waals surface area contributed by atoms with Crippen LogP contribution in [0.5, 0.6) is 0 Å². The Bertz CT molecular complexity index is 352. The molecule has 1 aliphatic rings. The average Bonchev–Trinajstić information content (AvgIpc) is 2.42. The van der Waals surface area contributed by atoms with Crippen LogP contribution in [0.15, 0.2) is 24.3 Å². The number of rotatable bonds is 5. The van der Waals surface area contributed by atoms with E-state index in [9.17, 15) is 0 Å². The first-order chi connectivity index (χ1) is 8.81. The van der Waals surface area contributed by atoms with Gasteiger partial charge < -0.3 is 5.32 Å². The molecule has 0 spiro atoms. The van der Waals surface area contributed by atoms with E-state index >= 15 is 0 Å². The SMILES string of the molecule is CNC(CCc1ccccc1C)C1CCCCC1. The third-order valence-electron chi connectivity index (χ3n) is 4.58. The molecule has 2 rings (SSSR count). The van der Waals surface area contributed by atoms with E-state index in [-0.39, 0.29) is 0 Å². The Labute approximate surface area is 112 Å². The van der Waals surface area contributed by atoms with Crippen molar-refractivity contribution in [1.82, 2.24) is 5.32 Å². The summed E-state index contributed by atoms with van der Waals surface area (Å²) in [7, 11) is 2.14. The number of hydrogen-bond donors (Lipinski definition) is 1. The maximum absolute atomic E-state index is 3.56. The van der Waals surface area contributed by atoms with Crippen molar-refractivity contribution in [3.05, 3.63) is 35.4 Å². The standard InChI is InChI=1S/C17H27N/c1-14-8-6-7-9-15(14)12-13-17(18-2)16-10-4-3-5-11-16/h6-9,16-18H,3-5,10-13H2,1-2H3. The molecule has 1 heteroatoms. The minimum Gasteiger partial charge on any atom is -0.317 e. The summed E-state index contributed by atoms with van der Waals surface area (Å²) in [4.78, 5) is 0. The summed E-state index contributed by atoms with van der Waals surface area (Å²) in [6.07, 6.45) is 9.68. The van der Waals surface area contributed by atoms with E-state index in [0.29, 0.717) is 6.04 Å². The van der Waals surface area contributed by atoms with Crippen LogP contribution in [0.25, 0.3) is 0 Å². The van der Waals surface area contributed by atoms with Crippen LogP contribution in [-0.2, 0) is 6.42 Å². The molecule has 0 radical (unpaired) electrons. The lowest BCUT2D eigenvalue weighted by molar-refractivity contribution is 0.268. The molecule has 0 amide bonds. The summed E-state index contributed by atoms with van der Waals surface area (Å²) in [5, 5.41) is 3.56. The maximum atomic E-state index is 3.56. The van der Waals surface area contributed by atoms with Crippen LogP contribution in [0.3, 0.4) is 0 Å². The van der Waals surface area contributed by atoms with Crippen LogP contribution in [0, 0.1) is 12.8 Å². The van der Waals surface area contributed by atoms with Crippen molar-refractivity contribution in [2.75, 3.05) is 7.05 Å². The van der Waals surface area contributed by atoms with Crippen LogP contribution in [-0.4, -0.2) is 13.1 Å². The van der Waals surface area contributed by atoms with Gasteiger partial charge in [0.05, 0.1) is 0 Å². The summed E-state index contributed by atoms with van der Waals surface area (Å²) < 4.78 is 0. The number of benzene rings is 1. The summed E-state index contributed by atoms with van der Waals surface area (Å²) >= 11 is 0. The van der Waals surface area contributed by atoms with Crippen LogP contribution < -0.4 is 5.32 Å². The molecule has 1 unspecified atom stereocenters. The quantitative estimate of drug-likeness (QED) is 0.823. The molecule has 1 aromatic rings. The van der Waals surface area contributed by atoms with Gasteiger partial charge in [-0.15, -0.1) is 0 Å². The third kappa shape index (κ3) is 3.58. The van der Waals surface area contributed by atoms with Gasteiger partial charge in [0.1, 0.15) is 0 Å². The summed E-state index contributed by atoms with van der Waals surface area (Å²) in [6.45, 7) is 2.23. The molecule has 1 saturated carbocycles. The molecule has 1 N–H and O–H groups in total. The zero-order chi connectivity index (χ0) is 12.8. The monoisotopic (exact) mass is 245 g/mol. The number of aryl methyl sites for hydroxylation is 2. The molecule has 1 aliphatic carbocycles. The Hall–Kier alpha value is -0.820. The van der Waals surface area contributed by atoms with Gasteiger partial charge in [-0.25, -0.2) is 0 Å². The Kier molecular flexibility index (Phi) is 5.25. The first kappa shape index (κ1) is 13.6. The van der Waals surface area contributed by atoms with E-state index in [1.165, 1.54) is 56.1 Å². The van der Waals surface area contributed by atoms with Gasteiger partial charge in [0.2, 0.25) is 0 Å². The van der Waals surface area contributed by atoms with Crippen molar-refractivity contribution in [2.24, 2.45) is 5.92 Å². The van der Waals surface area contributed by atoms with Crippen molar-refractivity contribution in [2.45, 2.75) is 57.9 Å². The summed E-state index contributed by atoms with van der Waals surface area (Å²) in [5.74, 6) is 0.910. The molecule has 0 aliphatic heterocycles. The molecule has 1 fully saturated rings. The molecule has 1 aromatic carbocycles. The second-order valence-electron chi connectivity index (χ2n) is 5.76. The fraction of sp³-hybridized carbons (Fsp3) is 0.647. The van der Waals surface area contributed by atoms with Crippen molar-refractivity contribution in [3.8, 4) is 0 Å². The van der Waals surface area contributed by atoms with Crippen LogP contribution in [0.2, 0.25) is 0 Å². The molecule has 0 bridgehead atoms. The lowest BCUT2D eigenvalue weighted by Gasteiger charge is -2.30. The minimum atomic E-state index is 0.713. The molecule has 1 nitrogen and oxygen atoms in total. The van der Waals surface area contributed by atoms with E-state index in [0.717, 1.165) is 5.92 Å². The number of hydrogen-bond acceptors (Lipinski definition) is 1. The third-order valence-corrected chi connectivity index (χ3v) is 4.58. The van der Waals surface area contributed by atoms with Gasteiger partial charge >= 0.3 is 0 Å². The highest BCUT2D eigenvalue weighted by molar-refractivity contribution is 5.25. The van der Waals surface area contributed by atoms with E-state index in [4.69, 9.17) is 0 Å². The highest BCUT2D eigenvalue weighted by Crippen LogP contribution is 2.28. The molecule has 100 valence electrons. The average molecular weight is 245 g/mol. The fourth-order valence-electron chi connectivity index (χ4n) is 3.35. The number of nitrogens with one attached hydrogen (secondary N) is 1. The van der Waals surface area contributed by atoms with Crippen LogP contribution in [0.4, 0.5) is 0 Å². The van der Waals surface area contributed by atoms with E-state index in [2.05, 4.69) is 43.6 Å². The fourth-order valence-corrected chi connectivity index (χ4v) is 3.35. The van der Waals surface area contributed by atoms with Gasteiger partial charge in [0, 0.05) is 6.04 Å². The van der Waals surface area contributed by atoms with Gasteiger partial charge in [0.15, 0.2) is 0 Å². The Balaban J connectivity index is 1.88. The van der Waals surface area contributed by atoms with E-state index in [1.54, 1.807) is 0 Å². The zero-order valence-corrected chi connectivity index (χ0v) is 11.9. The molecular weight excluding hydrogens is 218 g/mol. The van der Waals surface area contributed by atoms with Crippen molar-refractivity contribution in [1.29, 1.82) is 0 Å². The minimum absolute atomic E-state index is 0.713. The van der Waals surface area contributed by atoms with Crippen LogP contribution >= 0.6 is 0 Å². The predicted octanol–water partition coefficient (Wildman–Crippen LogP) is 4.10. The molecule has 0 saturated heterocycles. The molecule has 0 aromatic heterocycles. The molecule has 18 heavy (non-hydrogen) atoms. The van der Waals surface area contributed by atoms with Gasteiger partial charge in [-0.1, -0.05) is 43.5 Å². The van der Waals surface area contributed by atoms with E-state index < -0.39 is 0 Å². The Morgan fingerprint density at radius 3 is 2.56 bits per heavy atom. The van der Waals surface area contributed by atoms with E-state index in [1.807, 2.05) is 0 Å². The molecule has 1 atom stereocenters. The Morgan fingerprint density at radius 2 is 1.89 bits per heavy atom. The second kappa shape index (κ2) is 6.94. The molecular formula is C17H27N. The zero-order valence-electron chi connectivity index (χ0n) is 11.9. The maximum Gasteiger partial charge on any atom is 0.00954 e. The van der Waals surface area contributed by atoms with Gasteiger partial charge in [-0.05, 0) is 56.7 Å². The highest BCUT2D eigenvalue weighted by Gasteiger charge is 2.21. The first-order valence-electron chi connectivity index (χ1n) is 7.53. The smallest absolute Gasteiger partial charge is 0.00954 e. The summed E-state index contributed by atoms with van der Waals surface area (Å²) in [5.41, 5.74) is 2.96. The lowest BCUT2D eigenvalue weighted by Crippen LogP contribution is -2.35. The first-order valence-corrected chi connectivity index (χ1v) is 7.53. The van der Waals surface area contributed by atoms with Crippen LogP contribution in [0.1, 0.15) is 49.7 Å². The topological polar surface area (TPSA) is 12.0 Å². The highest BCUT2D eigenvalue weighted by atomic mass is 14.9. The van der Waals surface area contributed by atoms with Gasteiger partial charge in [0.25, 0.3) is 0 Å². The van der Waals surface area contributed by atoms with Crippen molar-refractivity contribution >= 4 is 0 Å². The lowest BCUT2D eigenvalue weighted by atomic mass is 9.81. The molecule has 0 heterocycles. The predicted molar refractivity (Wildman–Crippen MR) is 78.9 cm³/mol. The summed E-state index contributed by atoms with van der Waals surface area (Å²) in [6, 6.07) is 9.52. The van der Waals surface area contributed by atoms with Crippen molar-refractivity contribution in [3.63, 3.8) is 0 Å². The van der Waals surface area contributed by atoms with Crippen molar-refractivity contribution < 1.29 is 0 Å². The van der Waals surface area contributed by atoms with Gasteiger partial charge in [-0.3, -0.25) is 0 Å². The van der Waals surface area contributed by atoms with Gasteiger partial charge in [-0.2, -0.15) is 0 Å². The Morgan fingerprint density at radius 1 is 1.17 bits per heavy atom. The normalized spacial score (nSPS) is 18.8. The second-order valence-corrected chi connectivity index (χ2v) is 5.76.